The number of nitrogens with zero attached hydrogens (tertiary/aromatic N) is 2. The highest BCUT2D eigenvalue weighted by Crippen LogP contribution is 2.28. The van der Waals surface area contributed by atoms with Crippen molar-refractivity contribution in [2.24, 2.45) is 0 Å². The van der Waals surface area contributed by atoms with Crippen molar-refractivity contribution in [2.75, 3.05) is 18.2 Å². The molecule has 0 saturated heterocycles. The Morgan fingerprint density at radius 3 is 2.78 bits per heavy atom. The smallest absolute Gasteiger partial charge is 0.315 e. The third-order valence-electron chi connectivity index (χ3n) is 3.08. The number of aryl methyl sites for hydroxylation is 1. The molecule has 6 nitrogen and oxygen atoms in total. The van der Waals surface area contributed by atoms with E-state index >= 15 is 0 Å². The summed E-state index contributed by atoms with van der Waals surface area (Å²) in [5.41, 5.74) is 2.10. The Balaban J connectivity index is 1.97. The van der Waals surface area contributed by atoms with Crippen molar-refractivity contribution in [3.63, 3.8) is 0 Å². The first-order valence-corrected chi connectivity index (χ1v) is 8.76. The zero-order chi connectivity index (χ0) is 16.8. The number of rotatable bonds is 6. The van der Waals surface area contributed by atoms with Crippen LogP contribution in [-0.4, -0.2) is 40.2 Å². The summed E-state index contributed by atoms with van der Waals surface area (Å²) in [5.74, 6) is -0.436. The lowest BCUT2D eigenvalue weighted by Gasteiger charge is -2.08. The second-order valence-electron chi connectivity index (χ2n) is 4.75. The number of amides is 1. The van der Waals surface area contributed by atoms with Crippen LogP contribution in [0.4, 0.5) is 5.13 Å². The Hall–Kier alpha value is -1.93. The van der Waals surface area contributed by atoms with Gasteiger partial charge in [-0.15, -0.1) is 22.0 Å². The Labute approximate surface area is 142 Å². The number of benzene rings is 1. The van der Waals surface area contributed by atoms with Gasteiger partial charge in [-0.3, -0.25) is 14.9 Å². The SMILES string of the molecule is COC(=O)CS[C@H](C)C(=O)Nc1nnc(-c2ccccc2C)s1. The van der Waals surface area contributed by atoms with Gasteiger partial charge in [0.1, 0.15) is 5.01 Å². The van der Waals surface area contributed by atoms with Crippen LogP contribution in [0.5, 0.6) is 0 Å². The highest BCUT2D eigenvalue weighted by Gasteiger charge is 2.18. The number of hydrogen-bond acceptors (Lipinski definition) is 7. The van der Waals surface area contributed by atoms with Crippen LogP contribution in [0.2, 0.25) is 0 Å². The Morgan fingerprint density at radius 1 is 1.35 bits per heavy atom. The van der Waals surface area contributed by atoms with E-state index in [-0.39, 0.29) is 22.9 Å². The van der Waals surface area contributed by atoms with E-state index < -0.39 is 0 Å². The number of methoxy groups -OCH3 is 1. The number of thioether (sulfide) groups is 1. The van der Waals surface area contributed by atoms with Crippen LogP contribution in [0.25, 0.3) is 10.6 Å². The van der Waals surface area contributed by atoms with Gasteiger partial charge in [0.2, 0.25) is 11.0 Å². The van der Waals surface area contributed by atoms with Gasteiger partial charge in [0, 0.05) is 5.56 Å². The number of carbonyl (C=O) groups excluding carboxylic acids is 2. The van der Waals surface area contributed by atoms with Gasteiger partial charge in [0.05, 0.1) is 18.1 Å². The van der Waals surface area contributed by atoms with E-state index in [2.05, 4.69) is 20.3 Å². The molecule has 1 aromatic carbocycles. The molecule has 8 heteroatoms. The van der Waals surface area contributed by atoms with Crippen LogP contribution >= 0.6 is 23.1 Å². The predicted molar refractivity (Wildman–Crippen MR) is 92.6 cm³/mol. The van der Waals surface area contributed by atoms with E-state index in [9.17, 15) is 9.59 Å². The number of carbonyl (C=O) groups is 2. The summed E-state index contributed by atoms with van der Waals surface area (Å²) in [6.07, 6.45) is 0. The number of anilines is 1. The molecule has 122 valence electrons. The zero-order valence-electron chi connectivity index (χ0n) is 13.0. The molecule has 2 aromatic rings. The molecule has 0 saturated carbocycles. The van der Waals surface area contributed by atoms with Gasteiger partial charge >= 0.3 is 5.97 Å². The van der Waals surface area contributed by atoms with Gasteiger partial charge in [0.15, 0.2) is 0 Å². The highest BCUT2D eigenvalue weighted by molar-refractivity contribution is 8.01. The van der Waals surface area contributed by atoms with Gasteiger partial charge in [-0.2, -0.15) is 0 Å². The number of aromatic nitrogens is 2. The molecule has 2 rings (SSSR count). The zero-order valence-corrected chi connectivity index (χ0v) is 14.7. The third kappa shape index (κ3) is 4.77. The maximum atomic E-state index is 12.1. The molecule has 0 aliphatic heterocycles. The monoisotopic (exact) mass is 351 g/mol. The number of esters is 1. The molecule has 23 heavy (non-hydrogen) atoms. The van der Waals surface area contributed by atoms with E-state index in [0.29, 0.717) is 5.13 Å². The Morgan fingerprint density at radius 2 is 2.09 bits per heavy atom. The molecular weight excluding hydrogens is 334 g/mol. The van der Waals surface area contributed by atoms with Crippen LogP contribution in [-0.2, 0) is 14.3 Å². The van der Waals surface area contributed by atoms with Crippen molar-refractivity contribution < 1.29 is 14.3 Å². The molecular formula is C15H17N3O3S2. The molecule has 0 spiro atoms. The molecule has 1 aromatic heterocycles. The summed E-state index contributed by atoms with van der Waals surface area (Å²) < 4.78 is 4.55. The minimum absolute atomic E-state index is 0.135. The molecule has 0 bridgehead atoms. The lowest BCUT2D eigenvalue weighted by atomic mass is 10.1. The van der Waals surface area contributed by atoms with Crippen LogP contribution in [0.1, 0.15) is 12.5 Å². The van der Waals surface area contributed by atoms with E-state index in [4.69, 9.17) is 0 Å². The summed E-state index contributed by atoms with van der Waals surface area (Å²) in [4.78, 5) is 23.2. The first-order valence-electron chi connectivity index (χ1n) is 6.90. The van der Waals surface area contributed by atoms with Crippen molar-refractivity contribution >= 4 is 40.1 Å². The van der Waals surface area contributed by atoms with Gasteiger partial charge < -0.3 is 4.74 Å². The van der Waals surface area contributed by atoms with Crippen molar-refractivity contribution in [1.82, 2.24) is 10.2 Å². The molecule has 1 N–H and O–H groups in total. The summed E-state index contributed by atoms with van der Waals surface area (Å²) >= 11 is 2.53. The van der Waals surface area contributed by atoms with E-state index in [1.807, 2.05) is 31.2 Å². The lowest BCUT2D eigenvalue weighted by molar-refractivity contribution is -0.137. The van der Waals surface area contributed by atoms with E-state index in [0.717, 1.165) is 16.1 Å². The van der Waals surface area contributed by atoms with Crippen molar-refractivity contribution in [3.05, 3.63) is 29.8 Å². The molecule has 0 aliphatic rings. The number of hydrogen-bond donors (Lipinski definition) is 1. The Bertz CT molecular complexity index is 703. The average molecular weight is 351 g/mol. The van der Waals surface area contributed by atoms with Crippen molar-refractivity contribution in [3.8, 4) is 10.6 Å². The molecule has 1 amide bonds. The first-order chi connectivity index (χ1) is 11.0. The molecule has 0 fully saturated rings. The lowest BCUT2D eigenvalue weighted by Crippen LogP contribution is -2.23. The second-order valence-corrected chi connectivity index (χ2v) is 7.05. The van der Waals surface area contributed by atoms with Crippen LogP contribution < -0.4 is 5.32 Å². The van der Waals surface area contributed by atoms with E-state index in [1.165, 1.54) is 30.2 Å². The van der Waals surface area contributed by atoms with Crippen LogP contribution in [0.3, 0.4) is 0 Å². The summed E-state index contributed by atoms with van der Waals surface area (Å²) in [7, 11) is 1.32. The summed E-state index contributed by atoms with van der Waals surface area (Å²) in [6, 6.07) is 7.87. The van der Waals surface area contributed by atoms with Gasteiger partial charge in [-0.25, -0.2) is 0 Å². The minimum Gasteiger partial charge on any atom is -0.468 e. The molecule has 1 heterocycles. The van der Waals surface area contributed by atoms with Crippen LogP contribution in [0, 0.1) is 6.92 Å². The van der Waals surface area contributed by atoms with Gasteiger partial charge in [-0.1, -0.05) is 35.6 Å². The fraction of sp³-hybridized carbons (Fsp3) is 0.333. The van der Waals surface area contributed by atoms with Crippen LogP contribution in [0.15, 0.2) is 24.3 Å². The minimum atomic E-state index is -0.389. The maximum absolute atomic E-state index is 12.1. The van der Waals surface area contributed by atoms with Crippen molar-refractivity contribution in [2.45, 2.75) is 19.1 Å². The number of nitrogens with one attached hydrogen (secondary N) is 1. The predicted octanol–water partition coefficient (Wildman–Crippen LogP) is 2.75. The Kier molecular flexibility index (Phi) is 6.12. The van der Waals surface area contributed by atoms with Crippen molar-refractivity contribution in [1.29, 1.82) is 0 Å². The average Bonchev–Trinajstić information content (AvgIpc) is 3.00. The largest absolute Gasteiger partial charge is 0.468 e. The molecule has 0 radical (unpaired) electrons. The quantitative estimate of drug-likeness (QED) is 0.806. The highest BCUT2D eigenvalue weighted by atomic mass is 32.2. The second kappa shape index (κ2) is 8.07. The first kappa shape index (κ1) is 17.4. The third-order valence-corrected chi connectivity index (χ3v) is 5.07. The number of ether oxygens (including phenoxy) is 1. The fourth-order valence-electron chi connectivity index (χ4n) is 1.73. The topological polar surface area (TPSA) is 81.2 Å². The molecule has 0 aliphatic carbocycles. The maximum Gasteiger partial charge on any atom is 0.315 e. The van der Waals surface area contributed by atoms with Gasteiger partial charge in [-0.05, 0) is 19.4 Å². The summed E-state index contributed by atoms with van der Waals surface area (Å²) in [5, 5.41) is 11.7. The standard InChI is InChI=1S/C15H17N3O3S2/c1-9-6-4-5-7-11(9)14-17-18-15(23-14)16-13(20)10(2)22-8-12(19)21-3/h4-7,10H,8H2,1-3H3,(H,16,18,20)/t10-/m1/s1. The van der Waals surface area contributed by atoms with Gasteiger partial charge in [0.25, 0.3) is 0 Å². The molecule has 0 unspecified atom stereocenters. The molecule has 1 atom stereocenters. The summed E-state index contributed by atoms with van der Waals surface area (Å²) in [6.45, 7) is 3.73. The van der Waals surface area contributed by atoms with E-state index in [1.54, 1.807) is 6.92 Å². The normalized spacial score (nSPS) is 11.8. The fourth-order valence-corrected chi connectivity index (χ4v) is 3.28.